The lowest BCUT2D eigenvalue weighted by Gasteiger charge is -2.20. The molecular formula is C11H12F3NO4. The average molecular weight is 279 g/mol. The number of benzene rings is 1. The van der Waals surface area contributed by atoms with Gasteiger partial charge in [0.15, 0.2) is 6.10 Å². The van der Waals surface area contributed by atoms with Crippen LogP contribution >= 0.6 is 0 Å². The van der Waals surface area contributed by atoms with E-state index >= 15 is 0 Å². The first-order valence-corrected chi connectivity index (χ1v) is 5.09. The van der Waals surface area contributed by atoms with Crippen molar-refractivity contribution in [3.05, 3.63) is 29.3 Å². The van der Waals surface area contributed by atoms with Gasteiger partial charge in [-0.15, -0.1) is 0 Å². The monoisotopic (exact) mass is 279 g/mol. The Kier molecular flexibility index (Phi) is 4.38. The number of anilines is 1. The number of nitrogen functional groups attached to an aromatic ring is 1. The molecular weight excluding hydrogens is 267 g/mol. The van der Waals surface area contributed by atoms with Crippen LogP contribution in [0.1, 0.15) is 17.2 Å². The summed E-state index contributed by atoms with van der Waals surface area (Å²) in [5.41, 5.74) is 3.22. The molecule has 8 heteroatoms. The molecule has 0 saturated heterocycles. The fourth-order valence-corrected chi connectivity index (χ4v) is 1.50. The number of rotatable bonds is 3. The number of hydrogen-bond donors (Lipinski definition) is 3. The Bertz CT molecular complexity index is 475. The normalized spacial score (nSPS) is 14.8. The molecule has 0 aliphatic heterocycles. The number of halogens is 3. The molecule has 2 unspecified atom stereocenters. The van der Waals surface area contributed by atoms with E-state index in [0.717, 1.165) is 19.2 Å². The minimum Gasteiger partial charge on any atom is -0.467 e. The molecule has 0 aliphatic carbocycles. The standard InChI is InChI=1S/C11H12F3NO4/c1-19-10(18)9(17)8(16)6-3-2-5(15)4-7(6)11(12,13)14/h2-4,8-9,16-17H,15H2,1H3. The van der Waals surface area contributed by atoms with E-state index in [1.165, 1.54) is 0 Å². The minimum absolute atomic E-state index is 0.157. The van der Waals surface area contributed by atoms with Gasteiger partial charge in [-0.25, -0.2) is 4.79 Å². The van der Waals surface area contributed by atoms with Crippen LogP contribution < -0.4 is 5.73 Å². The Hall–Kier alpha value is -1.80. The molecule has 0 fully saturated rings. The minimum atomic E-state index is -4.78. The second-order valence-electron chi connectivity index (χ2n) is 3.76. The molecule has 0 spiro atoms. The zero-order chi connectivity index (χ0) is 14.8. The maximum Gasteiger partial charge on any atom is 0.416 e. The predicted octanol–water partition coefficient (Wildman–Crippen LogP) is 0.855. The van der Waals surface area contributed by atoms with E-state index in [9.17, 15) is 28.2 Å². The summed E-state index contributed by atoms with van der Waals surface area (Å²) in [5.74, 6) is -1.24. The largest absolute Gasteiger partial charge is 0.467 e. The second kappa shape index (κ2) is 5.45. The van der Waals surface area contributed by atoms with Crippen molar-refractivity contribution in [1.82, 2.24) is 0 Å². The second-order valence-corrected chi connectivity index (χ2v) is 3.76. The fourth-order valence-electron chi connectivity index (χ4n) is 1.50. The van der Waals surface area contributed by atoms with E-state index in [1.807, 2.05) is 0 Å². The number of carbonyl (C=O) groups is 1. The van der Waals surface area contributed by atoms with Crippen molar-refractivity contribution in [1.29, 1.82) is 0 Å². The van der Waals surface area contributed by atoms with Gasteiger partial charge in [0.1, 0.15) is 6.10 Å². The summed E-state index contributed by atoms with van der Waals surface area (Å²) in [6, 6.07) is 2.63. The van der Waals surface area contributed by atoms with Gasteiger partial charge in [-0.2, -0.15) is 13.2 Å². The van der Waals surface area contributed by atoms with Gasteiger partial charge in [0.05, 0.1) is 12.7 Å². The first-order valence-electron chi connectivity index (χ1n) is 5.09. The Morgan fingerprint density at radius 3 is 2.42 bits per heavy atom. The van der Waals surface area contributed by atoms with Crippen LogP contribution in [0.25, 0.3) is 0 Å². The van der Waals surface area contributed by atoms with E-state index in [0.29, 0.717) is 6.07 Å². The Labute approximate surface area is 106 Å². The molecule has 0 saturated carbocycles. The number of nitrogens with two attached hydrogens (primary N) is 1. The summed E-state index contributed by atoms with van der Waals surface area (Å²) < 4.78 is 42.5. The van der Waals surface area contributed by atoms with E-state index in [1.54, 1.807) is 0 Å². The Morgan fingerprint density at radius 2 is 1.95 bits per heavy atom. The smallest absolute Gasteiger partial charge is 0.416 e. The van der Waals surface area contributed by atoms with Gasteiger partial charge in [0.25, 0.3) is 0 Å². The van der Waals surface area contributed by atoms with Crippen LogP contribution in [-0.2, 0) is 15.7 Å². The average Bonchev–Trinajstić information content (AvgIpc) is 2.35. The molecule has 4 N–H and O–H groups in total. The number of hydrogen-bond acceptors (Lipinski definition) is 5. The van der Waals surface area contributed by atoms with Gasteiger partial charge >= 0.3 is 12.1 Å². The van der Waals surface area contributed by atoms with Crippen LogP contribution in [0.5, 0.6) is 0 Å². The highest BCUT2D eigenvalue weighted by molar-refractivity contribution is 5.75. The quantitative estimate of drug-likeness (QED) is 0.563. The SMILES string of the molecule is COC(=O)C(O)C(O)c1ccc(N)cc1C(F)(F)F. The highest BCUT2D eigenvalue weighted by Crippen LogP contribution is 2.36. The highest BCUT2D eigenvalue weighted by atomic mass is 19.4. The Balaban J connectivity index is 3.23. The van der Waals surface area contributed by atoms with Crippen LogP contribution in [0.3, 0.4) is 0 Å². The molecule has 0 radical (unpaired) electrons. The van der Waals surface area contributed by atoms with Crippen LogP contribution in [0, 0.1) is 0 Å². The Morgan fingerprint density at radius 1 is 1.37 bits per heavy atom. The lowest BCUT2D eigenvalue weighted by atomic mass is 9.97. The number of methoxy groups -OCH3 is 1. The highest BCUT2D eigenvalue weighted by Gasteiger charge is 2.38. The van der Waals surface area contributed by atoms with Crippen LogP contribution in [0.15, 0.2) is 18.2 Å². The molecule has 0 aliphatic rings. The van der Waals surface area contributed by atoms with Crippen molar-refractivity contribution in [3.63, 3.8) is 0 Å². The lowest BCUT2D eigenvalue weighted by Crippen LogP contribution is -2.30. The van der Waals surface area contributed by atoms with Crippen molar-refractivity contribution in [3.8, 4) is 0 Å². The summed E-state index contributed by atoms with van der Waals surface area (Å²) in [6.07, 6.45) is -8.96. The van der Waals surface area contributed by atoms with Gasteiger partial charge in [-0.05, 0) is 17.7 Å². The molecule has 19 heavy (non-hydrogen) atoms. The third-order valence-electron chi connectivity index (χ3n) is 2.44. The molecule has 2 atom stereocenters. The molecule has 106 valence electrons. The summed E-state index contributed by atoms with van der Waals surface area (Å²) >= 11 is 0. The number of ether oxygens (including phenoxy) is 1. The van der Waals surface area contributed by atoms with Gasteiger partial charge in [-0.1, -0.05) is 6.07 Å². The van der Waals surface area contributed by atoms with E-state index in [-0.39, 0.29) is 5.69 Å². The number of aliphatic hydroxyl groups is 2. The van der Waals surface area contributed by atoms with Crippen molar-refractivity contribution in [2.45, 2.75) is 18.4 Å². The third kappa shape index (κ3) is 3.36. The first kappa shape index (κ1) is 15.3. The predicted molar refractivity (Wildman–Crippen MR) is 58.8 cm³/mol. The molecule has 1 rings (SSSR count). The summed E-state index contributed by atoms with van der Waals surface area (Å²) in [5, 5.41) is 19.0. The summed E-state index contributed by atoms with van der Waals surface area (Å²) in [6.45, 7) is 0. The maximum absolute atomic E-state index is 12.8. The molecule has 0 bridgehead atoms. The van der Waals surface area contributed by atoms with E-state index in [2.05, 4.69) is 4.74 Å². The summed E-state index contributed by atoms with van der Waals surface area (Å²) in [4.78, 5) is 11.0. The zero-order valence-corrected chi connectivity index (χ0v) is 9.81. The van der Waals surface area contributed by atoms with Gasteiger partial charge in [0, 0.05) is 5.69 Å². The first-order chi connectivity index (χ1) is 8.68. The topological polar surface area (TPSA) is 92.8 Å². The van der Waals surface area contributed by atoms with Gasteiger partial charge < -0.3 is 20.7 Å². The van der Waals surface area contributed by atoms with Gasteiger partial charge in [0.2, 0.25) is 0 Å². The molecule has 0 heterocycles. The number of carbonyl (C=O) groups excluding carboxylic acids is 1. The third-order valence-corrected chi connectivity index (χ3v) is 2.44. The molecule has 1 aromatic rings. The number of alkyl halides is 3. The molecule has 5 nitrogen and oxygen atoms in total. The van der Waals surface area contributed by atoms with E-state index in [4.69, 9.17) is 5.73 Å². The van der Waals surface area contributed by atoms with Crippen LogP contribution in [0.2, 0.25) is 0 Å². The van der Waals surface area contributed by atoms with E-state index < -0.39 is 35.5 Å². The summed E-state index contributed by atoms with van der Waals surface area (Å²) in [7, 11) is 0.936. The van der Waals surface area contributed by atoms with Crippen molar-refractivity contribution in [2.75, 3.05) is 12.8 Å². The number of esters is 1. The van der Waals surface area contributed by atoms with Crippen LogP contribution in [-0.4, -0.2) is 29.4 Å². The molecule has 0 amide bonds. The van der Waals surface area contributed by atoms with Crippen LogP contribution in [0.4, 0.5) is 18.9 Å². The molecule has 0 aromatic heterocycles. The zero-order valence-electron chi connectivity index (χ0n) is 9.81. The van der Waals surface area contributed by atoms with Crippen molar-refractivity contribution in [2.24, 2.45) is 0 Å². The lowest BCUT2D eigenvalue weighted by molar-refractivity contribution is -0.158. The molecule has 1 aromatic carbocycles. The number of aliphatic hydroxyl groups excluding tert-OH is 2. The van der Waals surface area contributed by atoms with Crippen molar-refractivity contribution < 1.29 is 32.9 Å². The maximum atomic E-state index is 12.8. The van der Waals surface area contributed by atoms with Crippen molar-refractivity contribution >= 4 is 11.7 Å². The van der Waals surface area contributed by atoms with Gasteiger partial charge in [-0.3, -0.25) is 0 Å². The fraction of sp³-hybridized carbons (Fsp3) is 0.364.